The van der Waals surface area contributed by atoms with Gasteiger partial charge in [0.05, 0.1) is 6.61 Å². The second-order valence-corrected chi connectivity index (χ2v) is 4.69. The summed E-state index contributed by atoms with van der Waals surface area (Å²) in [7, 11) is 0. The number of carbonyl (C=O) groups is 1. The standard InChI is InChI=1S/C15H23N3O3/c1-4-15(5-2,13(16)18-20)14(19)17-11-7-9-12(10-8-11)21-6-3/h7-10,20H,4-6H2,1-3H3,(H2,16,18)(H,17,19). The number of amides is 1. The number of oxime groups is 1. The van der Waals surface area contributed by atoms with Crippen LogP contribution < -0.4 is 15.8 Å². The summed E-state index contributed by atoms with van der Waals surface area (Å²) in [4.78, 5) is 12.5. The van der Waals surface area contributed by atoms with Crippen LogP contribution in [0.4, 0.5) is 5.69 Å². The Bertz CT molecular complexity index is 493. The molecule has 0 heterocycles. The fourth-order valence-electron chi connectivity index (χ4n) is 2.20. The molecule has 1 aromatic carbocycles. The van der Waals surface area contributed by atoms with Gasteiger partial charge in [-0.3, -0.25) is 4.79 Å². The second-order valence-electron chi connectivity index (χ2n) is 4.69. The van der Waals surface area contributed by atoms with E-state index in [-0.39, 0.29) is 11.7 Å². The third-order valence-electron chi connectivity index (χ3n) is 3.66. The first-order chi connectivity index (χ1) is 10.0. The van der Waals surface area contributed by atoms with E-state index in [1.54, 1.807) is 24.3 Å². The molecule has 0 bridgehead atoms. The first-order valence-corrected chi connectivity index (χ1v) is 7.06. The van der Waals surface area contributed by atoms with E-state index >= 15 is 0 Å². The molecule has 0 aliphatic carbocycles. The van der Waals surface area contributed by atoms with Crippen LogP contribution in [0.2, 0.25) is 0 Å². The van der Waals surface area contributed by atoms with Gasteiger partial charge in [0.15, 0.2) is 5.84 Å². The van der Waals surface area contributed by atoms with E-state index in [9.17, 15) is 4.79 Å². The van der Waals surface area contributed by atoms with Crippen LogP contribution in [0.1, 0.15) is 33.6 Å². The number of hydrogen-bond donors (Lipinski definition) is 3. The summed E-state index contributed by atoms with van der Waals surface area (Å²) < 4.78 is 5.35. The molecule has 116 valence electrons. The topological polar surface area (TPSA) is 96.9 Å². The molecular weight excluding hydrogens is 270 g/mol. The van der Waals surface area contributed by atoms with E-state index in [0.717, 1.165) is 5.75 Å². The fraction of sp³-hybridized carbons (Fsp3) is 0.467. The SMILES string of the molecule is CCOc1ccc(NC(=O)C(CC)(CC)C(N)=NO)cc1. The van der Waals surface area contributed by atoms with Gasteiger partial charge in [-0.2, -0.15) is 0 Å². The van der Waals surface area contributed by atoms with Crippen molar-refractivity contribution >= 4 is 17.4 Å². The van der Waals surface area contributed by atoms with E-state index in [1.165, 1.54) is 0 Å². The van der Waals surface area contributed by atoms with Crippen LogP contribution >= 0.6 is 0 Å². The number of carbonyl (C=O) groups excluding carboxylic acids is 1. The Morgan fingerprint density at radius 2 is 1.86 bits per heavy atom. The van der Waals surface area contributed by atoms with Gasteiger partial charge >= 0.3 is 0 Å². The molecule has 0 aliphatic heterocycles. The Morgan fingerprint density at radius 3 is 2.29 bits per heavy atom. The van der Waals surface area contributed by atoms with E-state index in [2.05, 4.69) is 10.5 Å². The van der Waals surface area contributed by atoms with Crippen LogP contribution in [0.3, 0.4) is 0 Å². The highest BCUT2D eigenvalue weighted by molar-refractivity contribution is 6.11. The number of ether oxygens (including phenoxy) is 1. The van der Waals surface area contributed by atoms with Gasteiger partial charge in [-0.15, -0.1) is 0 Å². The fourth-order valence-corrected chi connectivity index (χ4v) is 2.20. The molecule has 0 radical (unpaired) electrons. The van der Waals surface area contributed by atoms with Crippen LogP contribution in [0.5, 0.6) is 5.75 Å². The van der Waals surface area contributed by atoms with Crippen molar-refractivity contribution in [3.63, 3.8) is 0 Å². The zero-order valence-corrected chi connectivity index (χ0v) is 12.7. The second kappa shape index (κ2) is 7.52. The summed E-state index contributed by atoms with van der Waals surface area (Å²) in [5.41, 5.74) is 5.34. The number of amidine groups is 1. The molecule has 6 heteroatoms. The highest BCUT2D eigenvalue weighted by atomic mass is 16.5. The normalized spacial score (nSPS) is 12.0. The minimum Gasteiger partial charge on any atom is -0.494 e. The third-order valence-corrected chi connectivity index (χ3v) is 3.66. The molecule has 1 aromatic rings. The molecule has 0 saturated carbocycles. The van der Waals surface area contributed by atoms with Crippen molar-refractivity contribution in [1.82, 2.24) is 0 Å². The number of hydrogen-bond acceptors (Lipinski definition) is 4. The number of nitrogens with one attached hydrogen (secondary N) is 1. The predicted molar refractivity (Wildman–Crippen MR) is 82.7 cm³/mol. The van der Waals surface area contributed by atoms with Gasteiger partial charge in [0, 0.05) is 5.69 Å². The molecule has 0 unspecified atom stereocenters. The molecule has 21 heavy (non-hydrogen) atoms. The van der Waals surface area contributed by atoms with Gasteiger partial charge in [0.1, 0.15) is 11.2 Å². The average Bonchev–Trinajstić information content (AvgIpc) is 2.51. The first kappa shape index (κ1) is 16.8. The number of benzene rings is 1. The maximum absolute atomic E-state index is 12.5. The van der Waals surface area contributed by atoms with Crippen molar-refractivity contribution in [3.8, 4) is 5.75 Å². The van der Waals surface area contributed by atoms with Crippen molar-refractivity contribution < 1.29 is 14.7 Å². The molecule has 4 N–H and O–H groups in total. The molecule has 6 nitrogen and oxygen atoms in total. The van der Waals surface area contributed by atoms with Crippen molar-refractivity contribution in [2.24, 2.45) is 16.3 Å². The van der Waals surface area contributed by atoms with Crippen LogP contribution in [-0.2, 0) is 4.79 Å². The smallest absolute Gasteiger partial charge is 0.238 e. The maximum atomic E-state index is 12.5. The lowest BCUT2D eigenvalue weighted by molar-refractivity contribution is -0.122. The van der Waals surface area contributed by atoms with E-state index in [0.29, 0.717) is 25.1 Å². The molecular formula is C15H23N3O3. The highest BCUT2D eigenvalue weighted by Gasteiger charge is 2.39. The Labute approximate surface area is 125 Å². The zero-order chi connectivity index (χ0) is 15.9. The average molecular weight is 293 g/mol. The minimum atomic E-state index is -1.01. The van der Waals surface area contributed by atoms with Gasteiger partial charge in [0.2, 0.25) is 5.91 Å². The molecule has 1 rings (SSSR count). The van der Waals surface area contributed by atoms with Crippen LogP contribution in [0.15, 0.2) is 29.4 Å². The Kier molecular flexibility index (Phi) is 6.02. The maximum Gasteiger partial charge on any atom is 0.238 e. The third kappa shape index (κ3) is 3.65. The molecule has 0 fully saturated rings. The lowest BCUT2D eigenvalue weighted by Gasteiger charge is -2.28. The van der Waals surface area contributed by atoms with Crippen molar-refractivity contribution in [2.75, 3.05) is 11.9 Å². The van der Waals surface area contributed by atoms with Gasteiger partial charge < -0.3 is 21.0 Å². The summed E-state index contributed by atoms with van der Waals surface area (Å²) in [6.07, 6.45) is 0.893. The predicted octanol–water partition coefficient (Wildman–Crippen LogP) is 2.58. The quantitative estimate of drug-likeness (QED) is 0.311. The molecule has 0 aromatic heterocycles. The lowest BCUT2D eigenvalue weighted by atomic mass is 9.80. The number of nitrogens with zero attached hydrogens (tertiary/aromatic N) is 1. The summed E-state index contributed by atoms with van der Waals surface area (Å²) in [5, 5.41) is 14.7. The van der Waals surface area contributed by atoms with Crippen molar-refractivity contribution in [2.45, 2.75) is 33.6 Å². The van der Waals surface area contributed by atoms with Crippen LogP contribution in [0, 0.1) is 5.41 Å². The molecule has 0 atom stereocenters. The monoisotopic (exact) mass is 293 g/mol. The summed E-state index contributed by atoms with van der Waals surface area (Å²) in [5.74, 6) is 0.382. The first-order valence-electron chi connectivity index (χ1n) is 7.06. The zero-order valence-electron chi connectivity index (χ0n) is 12.7. The minimum absolute atomic E-state index is 0.0732. The summed E-state index contributed by atoms with van der Waals surface area (Å²) in [6.45, 7) is 6.16. The number of nitrogens with two attached hydrogens (primary N) is 1. The molecule has 0 saturated heterocycles. The highest BCUT2D eigenvalue weighted by Crippen LogP contribution is 2.29. The van der Waals surface area contributed by atoms with E-state index in [4.69, 9.17) is 15.7 Å². The largest absolute Gasteiger partial charge is 0.494 e. The Morgan fingerprint density at radius 1 is 1.29 bits per heavy atom. The number of rotatable bonds is 7. The molecule has 0 aliphatic rings. The van der Waals surface area contributed by atoms with Gasteiger partial charge in [-0.05, 0) is 44.0 Å². The van der Waals surface area contributed by atoms with Gasteiger partial charge in [-0.1, -0.05) is 19.0 Å². The van der Waals surface area contributed by atoms with Gasteiger partial charge in [0.25, 0.3) is 0 Å². The Hall–Kier alpha value is -2.24. The molecule has 1 amide bonds. The van der Waals surface area contributed by atoms with Crippen molar-refractivity contribution in [1.29, 1.82) is 0 Å². The molecule has 0 spiro atoms. The number of anilines is 1. The van der Waals surface area contributed by atoms with E-state index in [1.807, 2.05) is 20.8 Å². The van der Waals surface area contributed by atoms with Gasteiger partial charge in [-0.25, -0.2) is 0 Å². The van der Waals surface area contributed by atoms with Crippen molar-refractivity contribution in [3.05, 3.63) is 24.3 Å². The van der Waals surface area contributed by atoms with E-state index < -0.39 is 5.41 Å². The summed E-state index contributed by atoms with van der Waals surface area (Å²) in [6, 6.07) is 7.07. The lowest BCUT2D eigenvalue weighted by Crippen LogP contribution is -2.46. The Balaban J connectivity index is 2.92. The summed E-state index contributed by atoms with van der Waals surface area (Å²) >= 11 is 0. The van der Waals surface area contributed by atoms with Crippen LogP contribution in [0.25, 0.3) is 0 Å². The van der Waals surface area contributed by atoms with Crippen LogP contribution in [-0.4, -0.2) is 23.6 Å².